The number of allylic oxidation sites excluding steroid dienone is 3. The monoisotopic (exact) mass is 338 g/mol. The summed E-state index contributed by atoms with van der Waals surface area (Å²) in [6.45, 7) is 3.18. The number of methoxy groups -OCH3 is 1. The maximum atomic E-state index is 5.22. The standard InChI is InChI=1S/C22H30N2O/c1-17-6-5-8-20-16-24-22(9-4-3-7-19(20)14-17)23-15-18-10-12-21(25-2)13-11-18/h9-13,16-17,23H,3-8,14-15H2,1-2H3/b22-9+,24-16-. The summed E-state index contributed by atoms with van der Waals surface area (Å²) in [7, 11) is 1.70. The summed E-state index contributed by atoms with van der Waals surface area (Å²) >= 11 is 0. The molecule has 0 saturated heterocycles. The molecule has 3 heteroatoms. The molecule has 134 valence electrons. The molecule has 1 heterocycles. The molecule has 1 N–H and O–H groups in total. The first-order chi connectivity index (χ1) is 12.2. The average molecular weight is 338 g/mol. The maximum absolute atomic E-state index is 5.22. The van der Waals surface area contributed by atoms with Crippen molar-refractivity contribution >= 4 is 6.21 Å². The highest BCUT2D eigenvalue weighted by Crippen LogP contribution is 2.30. The van der Waals surface area contributed by atoms with Crippen LogP contribution in [0, 0.1) is 5.92 Å². The molecule has 1 aliphatic heterocycles. The zero-order valence-electron chi connectivity index (χ0n) is 15.6. The second-order valence-corrected chi connectivity index (χ2v) is 7.27. The summed E-state index contributed by atoms with van der Waals surface area (Å²) in [5.74, 6) is 2.72. The quantitative estimate of drug-likeness (QED) is 0.799. The maximum Gasteiger partial charge on any atom is 0.122 e. The number of nitrogens with one attached hydrogen (secondary N) is 1. The van der Waals surface area contributed by atoms with Gasteiger partial charge in [-0.2, -0.15) is 0 Å². The molecule has 25 heavy (non-hydrogen) atoms. The van der Waals surface area contributed by atoms with E-state index in [9.17, 15) is 0 Å². The summed E-state index contributed by atoms with van der Waals surface area (Å²) in [4.78, 5) is 4.79. The molecule has 3 nitrogen and oxygen atoms in total. The van der Waals surface area contributed by atoms with Crippen LogP contribution in [0.4, 0.5) is 0 Å². The number of hydrogen-bond donors (Lipinski definition) is 1. The molecule has 1 unspecified atom stereocenters. The van der Waals surface area contributed by atoms with E-state index < -0.39 is 0 Å². The minimum absolute atomic E-state index is 0.788. The van der Waals surface area contributed by atoms with Crippen molar-refractivity contribution in [1.82, 2.24) is 5.32 Å². The molecular weight excluding hydrogens is 308 g/mol. The van der Waals surface area contributed by atoms with Gasteiger partial charge in [-0.05, 0) is 73.8 Å². The summed E-state index contributed by atoms with van der Waals surface area (Å²) in [6.07, 6.45) is 13.0. The third kappa shape index (κ3) is 5.22. The smallest absolute Gasteiger partial charge is 0.122 e. The van der Waals surface area contributed by atoms with Crippen LogP contribution in [0.15, 0.2) is 52.3 Å². The van der Waals surface area contributed by atoms with Gasteiger partial charge in [-0.1, -0.05) is 31.1 Å². The first kappa shape index (κ1) is 17.8. The van der Waals surface area contributed by atoms with Gasteiger partial charge < -0.3 is 10.1 Å². The van der Waals surface area contributed by atoms with Gasteiger partial charge >= 0.3 is 0 Å². The average Bonchev–Trinajstić information content (AvgIpc) is 2.75. The third-order valence-electron chi connectivity index (χ3n) is 5.20. The zero-order valence-corrected chi connectivity index (χ0v) is 15.6. The Morgan fingerprint density at radius 2 is 2.00 bits per heavy atom. The molecule has 0 fully saturated rings. The van der Waals surface area contributed by atoms with Crippen LogP contribution >= 0.6 is 0 Å². The largest absolute Gasteiger partial charge is 0.497 e. The molecule has 1 atom stereocenters. The lowest BCUT2D eigenvalue weighted by Crippen LogP contribution is -2.11. The summed E-state index contributed by atoms with van der Waals surface area (Å²) in [5.41, 5.74) is 4.38. The van der Waals surface area contributed by atoms with E-state index in [-0.39, 0.29) is 0 Å². The Hall–Kier alpha value is -2.03. The summed E-state index contributed by atoms with van der Waals surface area (Å²) in [6, 6.07) is 8.19. The SMILES string of the molecule is COc1ccc(CNC2=C\CCCC3=C(/C=N\2)CCCC(C)C3)cc1. The van der Waals surface area contributed by atoms with E-state index in [0.29, 0.717) is 0 Å². The molecule has 0 spiro atoms. The Labute approximate surface area is 151 Å². The predicted octanol–water partition coefficient (Wildman–Crippen LogP) is 5.39. The highest BCUT2D eigenvalue weighted by Gasteiger charge is 2.15. The van der Waals surface area contributed by atoms with Crippen LogP contribution in [-0.2, 0) is 6.54 Å². The number of aliphatic imine (C=N–C) groups is 1. The van der Waals surface area contributed by atoms with Crippen molar-refractivity contribution in [3.8, 4) is 5.75 Å². The van der Waals surface area contributed by atoms with E-state index in [2.05, 4.69) is 36.7 Å². The van der Waals surface area contributed by atoms with Crippen molar-refractivity contribution in [1.29, 1.82) is 0 Å². The molecule has 0 amide bonds. The summed E-state index contributed by atoms with van der Waals surface area (Å²) in [5, 5.41) is 3.49. The molecule has 1 aromatic carbocycles. The molecule has 1 aliphatic carbocycles. The molecule has 0 bridgehead atoms. The number of hydrogen-bond acceptors (Lipinski definition) is 3. The van der Waals surface area contributed by atoms with Crippen LogP contribution in [0.3, 0.4) is 0 Å². The first-order valence-electron chi connectivity index (χ1n) is 9.56. The summed E-state index contributed by atoms with van der Waals surface area (Å²) < 4.78 is 5.22. The lowest BCUT2D eigenvalue weighted by Gasteiger charge is -2.11. The Bertz CT molecular complexity index is 655. The van der Waals surface area contributed by atoms with E-state index >= 15 is 0 Å². The van der Waals surface area contributed by atoms with E-state index in [1.54, 1.807) is 12.7 Å². The zero-order chi connectivity index (χ0) is 17.5. The fraction of sp³-hybridized carbons (Fsp3) is 0.500. The van der Waals surface area contributed by atoms with Gasteiger partial charge in [-0.25, -0.2) is 4.99 Å². The van der Waals surface area contributed by atoms with Crippen molar-refractivity contribution in [3.05, 3.63) is 52.9 Å². The molecule has 0 radical (unpaired) electrons. The number of ether oxygens (including phenoxy) is 1. The van der Waals surface area contributed by atoms with Gasteiger partial charge in [0, 0.05) is 12.8 Å². The van der Waals surface area contributed by atoms with Crippen LogP contribution in [0.5, 0.6) is 5.75 Å². The van der Waals surface area contributed by atoms with Gasteiger partial charge in [-0.15, -0.1) is 0 Å². The minimum Gasteiger partial charge on any atom is -0.497 e. The van der Waals surface area contributed by atoms with Gasteiger partial charge in [0.1, 0.15) is 11.6 Å². The second kappa shape index (κ2) is 8.89. The molecule has 2 aliphatic rings. The Balaban J connectivity index is 1.66. The normalized spacial score (nSPS) is 24.7. The van der Waals surface area contributed by atoms with Crippen LogP contribution in [0.2, 0.25) is 0 Å². The van der Waals surface area contributed by atoms with Crippen molar-refractivity contribution in [2.45, 2.75) is 58.4 Å². The van der Waals surface area contributed by atoms with Gasteiger partial charge in [0.15, 0.2) is 0 Å². The molecular formula is C22H30N2O. The topological polar surface area (TPSA) is 33.6 Å². The Morgan fingerprint density at radius 3 is 2.80 bits per heavy atom. The Kier molecular flexibility index (Phi) is 6.32. The molecule has 0 saturated carbocycles. The van der Waals surface area contributed by atoms with E-state index in [1.165, 1.54) is 49.7 Å². The van der Waals surface area contributed by atoms with Crippen molar-refractivity contribution < 1.29 is 4.74 Å². The fourth-order valence-electron chi connectivity index (χ4n) is 3.70. The van der Waals surface area contributed by atoms with Crippen molar-refractivity contribution in [3.63, 3.8) is 0 Å². The number of benzene rings is 1. The van der Waals surface area contributed by atoms with E-state index in [4.69, 9.17) is 9.73 Å². The molecule has 0 aromatic heterocycles. The van der Waals surface area contributed by atoms with Gasteiger partial charge in [0.25, 0.3) is 0 Å². The molecule has 3 rings (SSSR count). The van der Waals surface area contributed by atoms with Crippen LogP contribution in [0.25, 0.3) is 0 Å². The van der Waals surface area contributed by atoms with Crippen molar-refractivity contribution in [2.24, 2.45) is 10.9 Å². The lowest BCUT2D eigenvalue weighted by molar-refractivity contribution is 0.414. The predicted molar refractivity (Wildman–Crippen MR) is 105 cm³/mol. The fourth-order valence-corrected chi connectivity index (χ4v) is 3.70. The van der Waals surface area contributed by atoms with E-state index in [1.807, 2.05) is 12.1 Å². The third-order valence-corrected chi connectivity index (χ3v) is 5.20. The lowest BCUT2D eigenvalue weighted by atomic mass is 9.94. The van der Waals surface area contributed by atoms with Crippen LogP contribution in [-0.4, -0.2) is 13.3 Å². The number of nitrogens with zero attached hydrogens (tertiary/aromatic N) is 1. The highest BCUT2D eigenvalue weighted by atomic mass is 16.5. The molecule has 1 aromatic rings. The Morgan fingerprint density at radius 1 is 1.16 bits per heavy atom. The van der Waals surface area contributed by atoms with Gasteiger partial charge in [0.05, 0.1) is 7.11 Å². The highest BCUT2D eigenvalue weighted by molar-refractivity contribution is 5.80. The number of rotatable bonds is 4. The van der Waals surface area contributed by atoms with Gasteiger partial charge in [-0.3, -0.25) is 0 Å². The van der Waals surface area contributed by atoms with E-state index in [0.717, 1.165) is 30.5 Å². The minimum atomic E-state index is 0.788. The first-order valence-corrected chi connectivity index (χ1v) is 9.56. The second-order valence-electron chi connectivity index (χ2n) is 7.27. The van der Waals surface area contributed by atoms with Gasteiger partial charge in [0.2, 0.25) is 0 Å². The van der Waals surface area contributed by atoms with Crippen LogP contribution < -0.4 is 10.1 Å². The van der Waals surface area contributed by atoms with Crippen molar-refractivity contribution in [2.75, 3.05) is 7.11 Å². The van der Waals surface area contributed by atoms with Crippen LogP contribution in [0.1, 0.15) is 57.4 Å².